The van der Waals surface area contributed by atoms with Crippen LogP contribution < -0.4 is 4.74 Å². The van der Waals surface area contributed by atoms with Crippen LogP contribution in [0.1, 0.15) is 6.92 Å². The Bertz CT molecular complexity index is 1030. The van der Waals surface area contributed by atoms with E-state index in [-0.39, 0.29) is 22.8 Å². The summed E-state index contributed by atoms with van der Waals surface area (Å²) in [5.74, 6) is 0.148. The van der Waals surface area contributed by atoms with E-state index in [9.17, 15) is 10.2 Å². The maximum absolute atomic E-state index is 10.1. The number of methoxy groups -OCH3 is 1. The number of fused-ring (bicyclic) bond motifs is 1. The summed E-state index contributed by atoms with van der Waals surface area (Å²) in [4.78, 5) is 4.70. The molecule has 0 atom stereocenters. The lowest BCUT2D eigenvalue weighted by Gasteiger charge is -2.40. The van der Waals surface area contributed by atoms with E-state index in [1.165, 1.54) is 13.2 Å². The van der Waals surface area contributed by atoms with Crippen LogP contribution in [0.2, 0.25) is 10.0 Å². The second-order valence-electron chi connectivity index (χ2n) is 6.56. The van der Waals surface area contributed by atoms with Gasteiger partial charge in [0, 0.05) is 5.56 Å². The van der Waals surface area contributed by atoms with Crippen molar-refractivity contribution in [2.45, 2.75) is 12.5 Å². The van der Waals surface area contributed by atoms with Crippen LogP contribution >= 0.6 is 23.2 Å². The maximum Gasteiger partial charge on any atom is 0.200 e. The smallest absolute Gasteiger partial charge is 0.200 e. The van der Waals surface area contributed by atoms with Crippen LogP contribution in [0.15, 0.2) is 24.3 Å². The number of aromatic nitrogens is 2. The Labute approximate surface area is 159 Å². The summed E-state index contributed by atoms with van der Waals surface area (Å²) < 4.78 is 12.6. The van der Waals surface area contributed by atoms with Crippen LogP contribution in [0.25, 0.3) is 22.4 Å². The van der Waals surface area contributed by atoms with Crippen LogP contribution in [-0.2, 0) is 10.3 Å². The van der Waals surface area contributed by atoms with E-state index in [0.717, 1.165) is 5.52 Å². The van der Waals surface area contributed by atoms with Crippen molar-refractivity contribution in [3.8, 4) is 28.6 Å². The number of halogens is 2. The molecule has 0 bridgehead atoms. The lowest BCUT2D eigenvalue weighted by atomic mass is 9.98. The first kappa shape index (κ1) is 17.3. The largest absolute Gasteiger partial charge is 0.504 e. The first-order chi connectivity index (χ1) is 12.3. The minimum atomic E-state index is -0.317. The average Bonchev–Trinajstić information content (AvgIpc) is 2.94. The highest BCUT2D eigenvalue weighted by Gasteiger charge is 2.39. The molecule has 1 aromatic heterocycles. The van der Waals surface area contributed by atoms with Gasteiger partial charge in [-0.05, 0) is 31.2 Å². The minimum Gasteiger partial charge on any atom is -0.504 e. The summed E-state index contributed by atoms with van der Waals surface area (Å²) in [6.07, 6.45) is 0. The highest BCUT2D eigenvalue weighted by Crippen LogP contribution is 2.43. The predicted octanol–water partition coefficient (Wildman–Crippen LogP) is 4.18. The molecule has 1 fully saturated rings. The second kappa shape index (κ2) is 5.94. The van der Waals surface area contributed by atoms with E-state index < -0.39 is 0 Å². The number of phenols is 2. The zero-order chi connectivity index (χ0) is 18.6. The zero-order valence-electron chi connectivity index (χ0n) is 14.1. The number of ether oxygens (including phenoxy) is 2. The third-order valence-corrected chi connectivity index (χ3v) is 5.32. The van der Waals surface area contributed by atoms with Gasteiger partial charge in [-0.1, -0.05) is 23.2 Å². The lowest BCUT2D eigenvalue weighted by molar-refractivity contribution is -0.0868. The van der Waals surface area contributed by atoms with Gasteiger partial charge in [0.15, 0.2) is 11.5 Å². The molecule has 26 heavy (non-hydrogen) atoms. The number of nitrogens with zero attached hydrogens (tertiary/aromatic N) is 2. The molecule has 8 heteroatoms. The fourth-order valence-electron chi connectivity index (χ4n) is 3.22. The Morgan fingerprint density at radius 3 is 2.46 bits per heavy atom. The van der Waals surface area contributed by atoms with E-state index in [0.29, 0.717) is 40.2 Å². The molecule has 0 spiro atoms. The van der Waals surface area contributed by atoms with Gasteiger partial charge in [-0.3, -0.25) is 0 Å². The third kappa shape index (κ3) is 2.48. The van der Waals surface area contributed by atoms with Gasteiger partial charge < -0.3 is 24.3 Å². The Kier molecular flexibility index (Phi) is 3.95. The molecular weight excluding hydrogens is 379 g/mol. The van der Waals surface area contributed by atoms with Gasteiger partial charge in [0.05, 0.1) is 46.9 Å². The highest BCUT2D eigenvalue weighted by atomic mass is 35.5. The summed E-state index contributed by atoms with van der Waals surface area (Å²) >= 11 is 12.4. The Balaban J connectivity index is 2.04. The molecule has 2 aromatic carbocycles. The van der Waals surface area contributed by atoms with E-state index in [4.69, 9.17) is 37.7 Å². The quantitative estimate of drug-likeness (QED) is 0.651. The number of hydrogen-bond donors (Lipinski definition) is 2. The number of phenolic OH excluding ortho intramolecular Hbond substituents is 2. The van der Waals surface area contributed by atoms with E-state index in [2.05, 4.69) is 6.92 Å². The summed E-state index contributed by atoms with van der Waals surface area (Å²) in [6, 6.07) is 6.55. The molecule has 136 valence electrons. The van der Waals surface area contributed by atoms with Gasteiger partial charge in [-0.15, -0.1) is 0 Å². The van der Waals surface area contributed by atoms with Crippen molar-refractivity contribution in [2.24, 2.45) is 0 Å². The molecule has 0 saturated carbocycles. The molecule has 0 radical (unpaired) electrons. The Morgan fingerprint density at radius 2 is 1.85 bits per heavy atom. The molecule has 2 N–H and O–H groups in total. The van der Waals surface area contributed by atoms with Gasteiger partial charge in [0.1, 0.15) is 5.82 Å². The predicted molar refractivity (Wildman–Crippen MR) is 99.5 cm³/mol. The van der Waals surface area contributed by atoms with Crippen LogP contribution in [0.5, 0.6) is 17.2 Å². The molecule has 0 unspecified atom stereocenters. The summed E-state index contributed by atoms with van der Waals surface area (Å²) in [6.45, 7) is 3.10. The van der Waals surface area contributed by atoms with Gasteiger partial charge >= 0.3 is 0 Å². The normalized spacial score (nSPS) is 15.8. The van der Waals surface area contributed by atoms with Gasteiger partial charge in [-0.25, -0.2) is 4.98 Å². The number of hydrogen-bond acceptors (Lipinski definition) is 5. The molecule has 4 rings (SSSR count). The number of aromatic hydroxyl groups is 2. The molecule has 6 nitrogen and oxygen atoms in total. The van der Waals surface area contributed by atoms with E-state index in [1.54, 1.807) is 18.2 Å². The first-order valence-corrected chi connectivity index (χ1v) is 8.66. The van der Waals surface area contributed by atoms with Gasteiger partial charge in [0.25, 0.3) is 0 Å². The molecule has 0 amide bonds. The van der Waals surface area contributed by atoms with Crippen LogP contribution in [-0.4, -0.2) is 40.1 Å². The second-order valence-corrected chi connectivity index (χ2v) is 7.38. The standard InChI is InChI=1S/C18H16Cl2N2O4/c1-18(7-26-8-18)22-13-6-11(20)10(19)5-12(13)21-17(22)9-3-14(23)16(24)15(4-9)25-2/h3-6,23-24H,7-8H2,1-2H3. The van der Waals surface area contributed by atoms with E-state index in [1.807, 2.05) is 4.57 Å². The van der Waals surface area contributed by atoms with Crippen molar-refractivity contribution < 1.29 is 19.7 Å². The maximum atomic E-state index is 10.1. The molecule has 2 heterocycles. The summed E-state index contributed by atoms with van der Waals surface area (Å²) in [7, 11) is 1.42. The van der Waals surface area contributed by atoms with E-state index >= 15 is 0 Å². The van der Waals surface area contributed by atoms with Crippen molar-refractivity contribution in [3.63, 3.8) is 0 Å². The van der Waals surface area contributed by atoms with Crippen LogP contribution in [0.4, 0.5) is 0 Å². The molecule has 0 aliphatic carbocycles. The van der Waals surface area contributed by atoms with Crippen LogP contribution in [0, 0.1) is 0 Å². The third-order valence-electron chi connectivity index (χ3n) is 4.60. The van der Waals surface area contributed by atoms with Crippen molar-refractivity contribution >= 4 is 34.2 Å². The van der Waals surface area contributed by atoms with Crippen molar-refractivity contribution in [1.82, 2.24) is 9.55 Å². The lowest BCUT2D eigenvalue weighted by Crippen LogP contribution is -2.49. The van der Waals surface area contributed by atoms with Crippen molar-refractivity contribution in [2.75, 3.05) is 20.3 Å². The summed E-state index contributed by atoms with van der Waals surface area (Å²) in [5.41, 5.74) is 1.76. The molecule has 1 aliphatic heterocycles. The van der Waals surface area contributed by atoms with Crippen LogP contribution in [0.3, 0.4) is 0 Å². The minimum absolute atomic E-state index is 0.157. The molecule has 1 saturated heterocycles. The van der Waals surface area contributed by atoms with Crippen molar-refractivity contribution in [3.05, 3.63) is 34.3 Å². The SMILES string of the molecule is COc1cc(-c2nc3cc(Cl)c(Cl)cc3n2C2(C)COC2)cc(O)c1O. The van der Waals surface area contributed by atoms with Crippen molar-refractivity contribution in [1.29, 1.82) is 0 Å². The monoisotopic (exact) mass is 394 g/mol. The number of benzene rings is 2. The molecule has 3 aromatic rings. The zero-order valence-corrected chi connectivity index (χ0v) is 15.6. The topological polar surface area (TPSA) is 76.7 Å². The first-order valence-electron chi connectivity index (χ1n) is 7.90. The van der Waals surface area contributed by atoms with Gasteiger partial charge in [0.2, 0.25) is 5.75 Å². The highest BCUT2D eigenvalue weighted by molar-refractivity contribution is 6.42. The Hall–Kier alpha value is -2.15. The number of imidazole rings is 1. The fourth-order valence-corrected chi connectivity index (χ4v) is 3.53. The molecule has 1 aliphatic rings. The summed E-state index contributed by atoms with van der Waals surface area (Å²) in [5, 5.41) is 20.8. The molecular formula is C18H16Cl2N2O4. The van der Waals surface area contributed by atoms with Gasteiger partial charge in [-0.2, -0.15) is 0 Å². The number of rotatable bonds is 3. The fraction of sp³-hybridized carbons (Fsp3) is 0.278. The Morgan fingerprint density at radius 1 is 1.15 bits per heavy atom. The average molecular weight is 395 g/mol.